The number of alkyl halides is 3. The number of halogens is 3. The van der Waals surface area contributed by atoms with Gasteiger partial charge in [0.2, 0.25) is 17.4 Å². The fourth-order valence-electron chi connectivity index (χ4n) is 3.40. The maximum absolute atomic E-state index is 13.0. The van der Waals surface area contributed by atoms with Crippen molar-refractivity contribution < 1.29 is 17.9 Å². The highest BCUT2D eigenvalue weighted by atomic mass is 19.4. The summed E-state index contributed by atoms with van der Waals surface area (Å²) in [4.78, 5) is 23.6. The Morgan fingerprint density at radius 1 is 1.09 bits per heavy atom. The number of imidazole rings is 3. The van der Waals surface area contributed by atoms with Crippen LogP contribution >= 0.6 is 0 Å². The zero-order chi connectivity index (χ0) is 23.2. The largest absolute Gasteiger partial charge is 0.451 e. The average Bonchev–Trinajstić information content (AvgIpc) is 3.53. The van der Waals surface area contributed by atoms with Crippen molar-refractivity contribution in [3.8, 4) is 22.9 Å². The normalized spacial score (nSPS) is 12.2. The molecule has 5 rings (SSSR count). The summed E-state index contributed by atoms with van der Waals surface area (Å²) in [6.07, 6.45) is 3.56. The number of nitrogens with zero attached hydrogens (tertiary/aromatic N) is 8. The zero-order valence-electron chi connectivity index (χ0n) is 17.4. The van der Waals surface area contributed by atoms with Crippen LogP contribution in [0.3, 0.4) is 0 Å². The van der Waals surface area contributed by atoms with Crippen LogP contribution in [0.2, 0.25) is 0 Å². The monoisotopic (exact) mass is 458 g/mol. The molecule has 5 heterocycles. The maximum atomic E-state index is 13.0. The number of hydrogen-bond donors (Lipinski definition) is 2. The molecule has 0 unspecified atom stereocenters. The number of fused-ring (bicyclic) bond motifs is 1. The maximum Gasteiger partial charge on any atom is 0.451 e. The van der Waals surface area contributed by atoms with Crippen LogP contribution in [0.1, 0.15) is 22.9 Å². The van der Waals surface area contributed by atoms with Gasteiger partial charge in [0.05, 0.1) is 30.5 Å². The van der Waals surface area contributed by atoms with E-state index in [0.717, 1.165) is 17.1 Å². The van der Waals surface area contributed by atoms with Crippen molar-refractivity contribution in [3.63, 3.8) is 0 Å². The van der Waals surface area contributed by atoms with Gasteiger partial charge in [0.25, 0.3) is 0 Å². The van der Waals surface area contributed by atoms with Crippen molar-refractivity contribution in [2.45, 2.75) is 26.3 Å². The van der Waals surface area contributed by atoms with Crippen LogP contribution in [0.4, 0.5) is 13.2 Å². The predicted molar refractivity (Wildman–Crippen MR) is 107 cm³/mol. The summed E-state index contributed by atoms with van der Waals surface area (Å²) < 4.78 is 48.3. The van der Waals surface area contributed by atoms with Crippen molar-refractivity contribution in [2.24, 2.45) is 7.05 Å². The van der Waals surface area contributed by atoms with E-state index >= 15 is 0 Å². The van der Waals surface area contributed by atoms with Crippen molar-refractivity contribution in [2.75, 3.05) is 0 Å². The molecule has 2 N–H and O–H groups in total. The van der Waals surface area contributed by atoms with Crippen LogP contribution in [0.25, 0.3) is 28.7 Å². The summed E-state index contributed by atoms with van der Waals surface area (Å²) in [5, 5.41) is 5.62. The molecule has 0 aliphatic heterocycles. The second kappa shape index (κ2) is 7.81. The number of aromatic amines is 2. The lowest BCUT2D eigenvalue weighted by atomic mass is 10.2. The van der Waals surface area contributed by atoms with Crippen LogP contribution in [0, 0.1) is 6.92 Å². The minimum absolute atomic E-state index is 0.125. The van der Waals surface area contributed by atoms with Gasteiger partial charge in [-0.2, -0.15) is 18.3 Å². The van der Waals surface area contributed by atoms with E-state index in [2.05, 4.69) is 35.0 Å². The molecule has 11 nitrogen and oxygen atoms in total. The predicted octanol–water partition coefficient (Wildman–Crippen LogP) is 2.68. The van der Waals surface area contributed by atoms with Crippen molar-refractivity contribution >= 4 is 5.78 Å². The first kappa shape index (κ1) is 20.8. The molecule has 0 saturated heterocycles. The summed E-state index contributed by atoms with van der Waals surface area (Å²) in [6, 6.07) is 0. The third-order valence-electron chi connectivity index (χ3n) is 4.85. The lowest BCUT2D eigenvalue weighted by molar-refractivity contribution is -0.144. The van der Waals surface area contributed by atoms with Crippen LogP contribution in [0.5, 0.6) is 0 Å². The Morgan fingerprint density at radius 3 is 2.61 bits per heavy atom. The first-order chi connectivity index (χ1) is 15.8. The van der Waals surface area contributed by atoms with Gasteiger partial charge in [-0.1, -0.05) is 0 Å². The molecule has 14 heteroatoms. The van der Waals surface area contributed by atoms with Crippen LogP contribution in [0.15, 0.2) is 31.1 Å². The topological polar surface area (TPSA) is 127 Å². The molecule has 0 radical (unpaired) electrons. The molecule has 0 aliphatic carbocycles. The summed E-state index contributed by atoms with van der Waals surface area (Å²) in [6.45, 7) is 2.45. The minimum Gasteiger partial charge on any atom is -0.369 e. The molecule has 0 saturated carbocycles. The molecule has 0 amide bonds. The van der Waals surface area contributed by atoms with Gasteiger partial charge >= 0.3 is 6.18 Å². The number of hydrogen-bond acceptors (Lipinski definition) is 7. The van der Waals surface area contributed by atoms with Crippen molar-refractivity contribution in [3.05, 3.63) is 54.0 Å². The molecule has 170 valence electrons. The van der Waals surface area contributed by atoms with E-state index in [0.29, 0.717) is 18.0 Å². The summed E-state index contributed by atoms with van der Waals surface area (Å²) in [5.41, 5.74) is 2.68. The molecule has 0 aromatic carbocycles. The molecule has 0 atom stereocenters. The number of nitrogens with one attached hydrogen (secondary N) is 2. The summed E-state index contributed by atoms with van der Waals surface area (Å²) in [5.74, 6) is -0.372. The summed E-state index contributed by atoms with van der Waals surface area (Å²) in [7, 11) is 1.89. The lowest BCUT2D eigenvalue weighted by Gasteiger charge is -2.06. The molecule has 33 heavy (non-hydrogen) atoms. The van der Waals surface area contributed by atoms with E-state index in [1.54, 1.807) is 16.8 Å². The van der Waals surface area contributed by atoms with E-state index in [-0.39, 0.29) is 23.9 Å². The van der Waals surface area contributed by atoms with Crippen molar-refractivity contribution in [1.82, 2.24) is 49.1 Å². The highest BCUT2D eigenvalue weighted by Gasteiger charge is 2.36. The van der Waals surface area contributed by atoms with Crippen LogP contribution in [-0.2, 0) is 31.2 Å². The zero-order valence-corrected chi connectivity index (χ0v) is 17.4. The first-order valence-electron chi connectivity index (χ1n) is 9.72. The fraction of sp³-hybridized carbons (Fsp3) is 0.263. The number of H-pyrrole nitrogens is 2. The second-order valence-corrected chi connectivity index (χ2v) is 7.31. The third kappa shape index (κ3) is 3.95. The van der Waals surface area contributed by atoms with Crippen molar-refractivity contribution in [1.29, 1.82) is 0 Å². The average molecular weight is 458 g/mol. The van der Waals surface area contributed by atoms with Gasteiger partial charge < -0.3 is 14.3 Å². The van der Waals surface area contributed by atoms with Gasteiger partial charge in [-0.25, -0.2) is 24.9 Å². The number of aromatic nitrogens is 10. The number of aryl methyl sites for hydroxylation is 2. The molecular weight excluding hydrogens is 441 g/mol. The smallest absolute Gasteiger partial charge is 0.369 e. The Balaban J connectivity index is 1.49. The quantitative estimate of drug-likeness (QED) is 0.400. The Morgan fingerprint density at radius 2 is 1.94 bits per heavy atom. The minimum atomic E-state index is -4.66. The Labute approximate surface area is 183 Å². The van der Waals surface area contributed by atoms with Crippen LogP contribution < -0.4 is 0 Å². The molecule has 5 aromatic heterocycles. The van der Waals surface area contributed by atoms with E-state index in [1.165, 1.54) is 12.5 Å². The summed E-state index contributed by atoms with van der Waals surface area (Å²) >= 11 is 0. The number of ether oxygens (including phenoxy) is 1. The Bertz CT molecular complexity index is 1410. The molecule has 0 aliphatic rings. The highest BCUT2D eigenvalue weighted by molar-refractivity contribution is 5.76. The molecule has 0 fully saturated rings. The number of rotatable bonds is 6. The third-order valence-corrected chi connectivity index (χ3v) is 4.85. The first-order valence-corrected chi connectivity index (χ1v) is 9.72. The standard InChI is InChI=1S/C19H17F3N10O/c1-10-5-31(2)13(26-10)8-33-7-11-3-24-18-27-14(16-28-17(30-29-16)19(20,21)22)15(32(18)6-11)12-4-23-9-25-12/h3-6,9H,7-8H2,1-2H3,(H,23,25)(H,28,29,30). The van der Waals surface area contributed by atoms with E-state index in [1.807, 2.05) is 29.8 Å². The SMILES string of the molecule is Cc1cn(C)c(COCc2cnc3nc(-c4n[nH]c(C(F)(F)F)n4)c(-c4cnc[nH]4)n3c2)n1. The van der Waals surface area contributed by atoms with Gasteiger partial charge in [0.1, 0.15) is 23.8 Å². The van der Waals surface area contributed by atoms with E-state index in [9.17, 15) is 13.2 Å². The van der Waals surface area contributed by atoms with Gasteiger partial charge in [-0.3, -0.25) is 9.50 Å². The molecule has 5 aromatic rings. The Hall–Kier alpha value is -4.07. The molecular formula is C19H17F3N10O. The lowest BCUT2D eigenvalue weighted by Crippen LogP contribution is -2.07. The fourth-order valence-corrected chi connectivity index (χ4v) is 3.40. The molecule has 0 bridgehead atoms. The van der Waals surface area contributed by atoms with Gasteiger partial charge in [-0.15, -0.1) is 0 Å². The highest BCUT2D eigenvalue weighted by Crippen LogP contribution is 2.32. The van der Waals surface area contributed by atoms with E-state index in [4.69, 9.17) is 4.74 Å². The van der Waals surface area contributed by atoms with Gasteiger partial charge in [0.15, 0.2) is 0 Å². The second-order valence-electron chi connectivity index (χ2n) is 7.31. The van der Waals surface area contributed by atoms with Crippen LogP contribution in [-0.4, -0.2) is 49.1 Å². The Kier molecular flexibility index (Phi) is 4.92. The molecule has 0 spiro atoms. The van der Waals surface area contributed by atoms with E-state index < -0.39 is 12.0 Å². The van der Waals surface area contributed by atoms with Gasteiger partial charge in [0, 0.05) is 31.2 Å². The van der Waals surface area contributed by atoms with Gasteiger partial charge in [-0.05, 0) is 6.92 Å².